The van der Waals surface area contributed by atoms with Crippen LogP contribution in [0.3, 0.4) is 0 Å². The van der Waals surface area contributed by atoms with E-state index in [1.165, 1.54) is 24.3 Å². The van der Waals surface area contributed by atoms with Crippen LogP contribution in [0.5, 0.6) is 5.75 Å². The van der Waals surface area contributed by atoms with Crippen molar-refractivity contribution in [1.29, 1.82) is 0 Å². The number of hydrogen-bond acceptors (Lipinski definition) is 8. The Hall–Kier alpha value is -3.12. The van der Waals surface area contributed by atoms with Crippen molar-refractivity contribution in [2.24, 2.45) is 0 Å². The molecule has 0 bridgehead atoms. The molecular formula is C24H22ClF4N3O7S3. The SMILES string of the molecule is CC(C)(OC(=O)Nc1ccc2c(c1)N(S(=O)(=O)c1ccc(F)cc1)C[C@H](CNS(=O)(=O)c1ccc(Cl)s1)O2)C(F)(F)F. The van der Waals surface area contributed by atoms with Gasteiger partial charge in [-0.05, 0) is 68.4 Å². The minimum Gasteiger partial charge on any atom is -0.485 e. The molecule has 0 saturated carbocycles. The molecule has 0 aliphatic carbocycles. The summed E-state index contributed by atoms with van der Waals surface area (Å²) in [5.74, 6) is -0.742. The van der Waals surface area contributed by atoms with Gasteiger partial charge in [0.25, 0.3) is 10.0 Å². The van der Waals surface area contributed by atoms with Crippen LogP contribution in [-0.2, 0) is 24.8 Å². The third-order valence-corrected chi connectivity index (χ3v) is 10.8. The molecule has 18 heteroatoms. The highest BCUT2D eigenvalue weighted by Crippen LogP contribution is 2.39. The molecule has 0 spiro atoms. The largest absolute Gasteiger partial charge is 0.485 e. The van der Waals surface area contributed by atoms with Crippen molar-refractivity contribution in [2.75, 3.05) is 22.7 Å². The average Bonchev–Trinajstić information content (AvgIpc) is 3.33. The van der Waals surface area contributed by atoms with Crippen LogP contribution in [0.1, 0.15) is 13.8 Å². The van der Waals surface area contributed by atoms with Gasteiger partial charge in [0.1, 0.15) is 21.9 Å². The van der Waals surface area contributed by atoms with Crippen LogP contribution in [0, 0.1) is 5.82 Å². The van der Waals surface area contributed by atoms with Gasteiger partial charge in [0, 0.05) is 12.2 Å². The third-order valence-electron chi connectivity index (χ3n) is 5.88. The fourth-order valence-electron chi connectivity index (χ4n) is 3.61. The number of carbonyl (C=O) groups is 1. The quantitative estimate of drug-likeness (QED) is 0.308. The zero-order valence-electron chi connectivity index (χ0n) is 21.6. The van der Waals surface area contributed by atoms with E-state index in [9.17, 15) is 39.2 Å². The first-order chi connectivity index (χ1) is 19.4. The third kappa shape index (κ3) is 6.91. The Bertz CT molecular complexity index is 1700. The highest BCUT2D eigenvalue weighted by atomic mass is 35.5. The van der Waals surface area contributed by atoms with Gasteiger partial charge in [-0.2, -0.15) is 13.2 Å². The van der Waals surface area contributed by atoms with Crippen LogP contribution in [0.4, 0.5) is 33.7 Å². The number of ether oxygens (including phenoxy) is 2. The number of nitrogens with one attached hydrogen (secondary N) is 2. The summed E-state index contributed by atoms with van der Waals surface area (Å²) >= 11 is 6.64. The van der Waals surface area contributed by atoms with E-state index < -0.39 is 56.4 Å². The maximum atomic E-state index is 13.6. The molecule has 1 amide bonds. The summed E-state index contributed by atoms with van der Waals surface area (Å²) in [6.07, 6.45) is -7.38. The maximum Gasteiger partial charge on any atom is 0.427 e. The van der Waals surface area contributed by atoms with Crippen LogP contribution in [-0.4, -0.2) is 53.9 Å². The van der Waals surface area contributed by atoms with Gasteiger partial charge in [-0.1, -0.05) is 11.6 Å². The second-order valence-electron chi connectivity index (χ2n) is 9.35. The van der Waals surface area contributed by atoms with E-state index in [2.05, 4.69) is 14.8 Å². The predicted octanol–water partition coefficient (Wildman–Crippen LogP) is 5.36. The Balaban J connectivity index is 1.64. The monoisotopic (exact) mass is 671 g/mol. The summed E-state index contributed by atoms with van der Waals surface area (Å²) in [6.45, 7) is 0.512. The molecule has 0 radical (unpaired) electrons. The first-order valence-electron chi connectivity index (χ1n) is 11.8. The fraction of sp³-hybridized carbons (Fsp3) is 0.292. The van der Waals surface area contributed by atoms with Crippen LogP contribution in [0.15, 0.2) is 63.7 Å². The van der Waals surface area contributed by atoms with E-state index in [1.54, 1.807) is 0 Å². The highest BCUT2D eigenvalue weighted by Gasteiger charge is 2.51. The number of sulfonamides is 2. The molecule has 0 saturated heterocycles. The molecule has 4 rings (SSSR count). The maximum absolute atomic E-state index is 13.6. The second kappa shape index (κ2) is 11.5. The molecule has 2 N–H and O–H groups in total. The van der Waals surface area contributed by atoms with Gasteiger partial charge in [0.2, 0.25) is 15.6 Å². The molecule has 0 unspecified atom stereocenters. The molecule has 3 aromatic rings. The standard InChI is InChI=1S/C24H22ClF4N3O7S3/c1-23(2,24(27,28)29)39-22(33)31-15-5-8-19-18(11-15)32(42(36,37)17-6-3-14(26)4-7-17)13-16(38-19)12-30-41(34,35)21-10-9-20(25)40-21/h3-11,16,30H,12-13H2,1-2H3,(H,31,33)/t16-/m0/s1. The van der Waals surface area contributed by atoms with Gasteiger partial charge in [-0.25, -0.2) is 30.7 Å². The van der Waals surface area contributed by atoms with E-state index in [0.717, 1.165) is 46.0 Å². The summed E-state index contributed by atoms with van der Waals surface area (Å²) in [6, 6.07) is 10.2. The zero-order valence-corrected chi connectivity index (χ0v) is 24.8. The Morgan fingerprint density at radius 2 is 1.76 bits per heavy atom. The molecule has 0 fully saturated rings. The molecule has 42 heavy (non-hydrogen) atoms. The molecule has 228 valence electrons. The lowest BCUT2D eigenvalue weighted by Crippen LogP contribution is -2.48. The van der Waals surface area contributed by atoms with Gasteiger partial charge in [-0.3, -0.25) is 9.62 Å². The van der Waals surface area contributed by atoms with Gasteiger partial charge in [0.15, 0.2) is 0 Å². The number of rotatable bonds is 8. The van der Waals surface area contributed by atoms with Gasteiger partial charge in [0.05, 0.1) is 21.5 Å². The van der Waals surface area contributed by atoms with Crippen LogP contribution in [0.25, 0.3) is 0 Å². The molecule has 2 aromatic carbocycles. The van der Waals surface area contributed by atoms with E-state index in [1.807, 2.05) is 0 Å². The van der Waals surface area contributed by atoms with Crippen molar-refractivity contribution < 1.29 is 48.7 Å². The molecular weight excluding hydrogens is 650 g/mol. The highest BCUT2D eigenvalue weighted by molar-refractivity contribution is 7.93. The van der Waals surface area contributed by atoms with Gasteiger partial charge >= 0.3 is 12.3 Å². The smallest absolute Gasteiger partial charge is 0.427 e. The average molecular weight is 672 g/mol. The lowest BCUT2D eigenvalue weighted by Gasteiger charge is -2.35. The van der Waals surface area contributed by atoms with Crippen LogP contribution >= 0.6 is 22.9 Å². The zero-order chi connectivity index (χ0) is 31.1. The topological polar surface area (TPSA) is 131 Å². The van der Waals surface area contributed by atoms with Crippen molar-refractivity contribution in [1.82, 2.24) is 4.72 Å². The Morgan fingerprint density at radius 3 is 2.36 bits per heavy atom. The number of anilines is 2. The second-order valence-corrected chi connectivity index (χ2v) is 14.9. The number of carbonyl (C=O) groups excluding carboxylic acids is 1. The minimum absolute atomic E-state index is 0.0511. The van der Waals surface area contributed by atoms with Crippen LogP contribution in [0.2, 0.25) is 4.34 Å². The first-order valence-corrected chi connectivity index (χ1v) is 15.9. The van der Waals surface area contributed by atoms with E-state index >= 15 is 0 Å². The number of fused-ring (bicyclic) bond motifs is 1. The summed E-state index contributed by atoms with van der Waals surface area (Å²) in [7, 11) is -8.44. The summed E-state index contributed by atoms with van der Waals surface area (Å²) in [5.41, 5.74) is -3.08. The summed E-state index contributed by atoms with van der Waals surface area (Å²) in [4.78, 5) is 11.9. The van der Waals surface area contributed by atoms with Gasteiger partial charge in [-0.15, -0.1) is 11.3 Å². The molecule has 1 aromatic heterocycles. The lowest BCUT2D eigenvalue weighted by molar-refractivity contribution is -0.242. The number of hydrogen-bond donors (Lipinski definition) is 2. The fourth-order valence-corrected chi connectivity index (χ4v) is 7.70. The molecule has 10 nitrogen and oxygen atoms in total. The van der Waals surface area contributed by atoms with Crippen molar-refractivity contribution in [3.8, 4) is 5.75 Å². The van der Waals surface area contributed by atoms with Crippen LogP contribution < -0.4 is 19.1 Å². The minimum atomic E-state index is -4.86. The summed E-state index contributed by atoms with van der Waals surface area (Å²) < 4.78 is 119. The number of alkyl halides is 3. The molecule has 1 aliphatic rings. The molecule has 1 atom stereocenters. The lowest BCUT2D eigenvalue weighted by atomic mass is 10.1. The Morgan fingerprint density at radius 1 is 1.10 bits per heavy atom. The van der Waals surface area contributed by atoms with E-state index in [-0.39, 0.29) is 37.1 Å². The van der Waals surface area contributed by atoms with E-state index in [0.29, 0.717) is 13.8 Å². The number of benzene rings is 2. The van der Waals surface area contributed by atoms with Crippen molar-refractivity contribution in [3.63, 3.8) is 0 Å². The Kier molecular flexibility index (Phi) is 8.72. The van der Waals surface area contributed by atoms with Crippen molar-refractivity contribution in [2.45, 2.75) is 40.8 Å². The first kappa shape index (κ1) is 31.8. The molecule has 2 heterocycles. The number of thiophene rings is 1. The normalized spacial score (nSPS) is 16.0. The van der Waals surface area contributed by atoms with Gasteiger partial charge < -0.3 is 9.47 Å². The number of halogens is 5. The Labute approximate surface area is 247 Å². The molecule has 1 aliphatic heterocycles. The van der Waals surface area contributed by atoms with Crippen molar-refractivity contribution >= 4 is 60.5 Å². The van der Waals surface area contributed by atoms with Crippen molar-refractivity contribution in [3.05, 3.63) is 64.8 Å². The predicted molar refractivity (Wildman–Crippen MR) is 147 cm³/mol. The summed E-state index contributed by atoms with van der Waals surface area (Å²) in [5, 5.41) is 2.13. The van der Waals surface area contributed by atoms with E-state index in [4.69, 9.17) is 16.3 Å². The number of nitrogens with zero attached hydrogens (tertiary/aromatic N) is 1. The number of amides is 1.